The average molecular weight is 398 g/mol. The van der Waals surface area contributed by atoms with E-state index in [1.165, 1.54) is 11.8 Å². The fraction of sp³-hybridized carbons (Fsp3) is 0.450. The summed E-state index contributed by atoms with van der Waals surface area (Å²) in [7, 11) is 0. The smallest absolute Gasteiger partial charge is 0.255 e. The van der Waals surface area contributed by atoms with Crippen molar-refractivity contribution in [2.75, 3.05) is 11.9 Å². The molecule has 0 bridgehead atoms. The van der Waals surface area contributed by atoms with Gasteiger partial charge in [-0.25, -0.2) is 0 Å². The summed E-state index contributed by atoms with van der Waals surface area (Å²) in [6, 6.07) is 3.85. The molecule has 2 atom stereocenters. The van der Waals surface area contributed by atoms with Crippen molar-refractivity contribution < 1.29 is 24.0 Å². The number of rotatable bonds is 3. The first-order valence-corrected chi connectivity index (χ1v) is 9.71. The van der Waals surface area contributed by atoms with Gasteiger partial charge in [0, 0.05) is 37.7 Å². The van der Waals surface area contributed by atoms with Gasteiger partial charge in [-0.1, -0.05) is 0 Å². The van der Waals surface area contributed by atoms with Crippen molar-refractivity contribution in [2.45, 2.75) is 51.2 Å². The molecule has 3 heterocycles. The molecule has 152 valence electrons. The van der Waals surface area contributed by atoms with Crippen LogP contribution in [0.25, 0.3) is 0 Å². The Morgan fingerprint density at radius 3 is 2.69 bits per heavy atom. The monoisotopic (exact) mass is 398 g/mol. The minimum absolute atomic E-state index is 0.123. The third-order valence-electron chi connectivity index (χ3n) is 5.75. The molecule has 1 unspecified atom stereocenters. The molecule has 9 nitrogen and oxygen atoms in total. The third kappa shape index (κ3) is 3.48. The summed E-state index contributed by atoms with van der Waals surface area (Å²) < 4.78 is 0. The van der Waals surface area contributed by atoms with Crippen LogP contribution in [-0.4, -0.2) is 58.0 Å². The molecular weight excluding hydrogens is 376 g/mol. The number of amides is 5. The van der Waals surface area contributed by atoms with Gasteiger partial charge in [0.05, 0.1) is 0 Å². The van der Waals surface area contributed by atoms with Crippen molar-refractivity contribution in [2.24, 2.45) is 0 Å². The number of piperidine rings is 1. The lowest BCUT2D eigenvalue weighted by atomic mass is 10.0. The predicted octanol–water partition coefficient (Wildman–Crippen LogP) is 0.397. The normalized spacial score (nSPS) is 23.8. The Kier molecular flexibility index (Phi) is 4.81. The second-order valence-electron chi connectivity index (χ2n) is 7.63. The van der Waals surface area contributed by atoms with E-state index in [-0.39, 0.29) is 36.6 Å². The van der Waals surface area contributed by atoms with E-state index >= 15 is 0 Å². The summed E-state index contributed by atoms with van der Waals surface area (Å²) >= 11 is 0. The Labute approximate surface area is 167 Å². The molecule has 1 aromatic rings. The van der Waals surface area contributed by atoms with Crippen molar-refractivity contribution >= 4 is 35.2 Å². The number of carbonyl (C=O) groups excluding carboxylic acids is 5. The number of hydrogen-bond donors (Lipinski definition) is 2. The molecule has 2 N–H and O–H groups in total. The van der Waals surface area contributed by atoms with Gasteiger partial charge in [0.25, 0.3) is 5.91 Å². The number of nitrogens with zero attached hydrogens (tertiary/aromatic N) is 2. The molecule has 3 aliphatic rings. The summed E-state index contributed by atoms with van der Waals surface area (Å²) in [6.07, 6.45) is 1.91. The van der Waals surface area contributed by atoms with E-state index in [0.29, 0.717) is 36.2 Å². The highest BCUT2D eigenvalue weighted by atomic mass is 16.2. The first-order valence-electron chi connectivity index (χ1n) is 9.71. The molecule has 4 rings (SSSR count). The topological polar surface area (TPSA) is 116 Å². The average Bonchev–Trinajstić information content (AvgIpc) is 3.27. The summed E-state index contributed by atoms with van der Waals surface area (Å²) in [6.45, 7) is 2.27. The lowest BCUT2D eigenvalue weighted by Crippen LogP contribution is -2.52. The van der Waals surface area contributed by atoms with E-state index in [9.17, 15) is 24.0 Å². The van der Waals surface area contributed by atoms with Crippen molar-refractivity contribution in [3.05, 3.63) is 29.3 Å². The van der Waals surface area contributed by atoms with Gasteiger partial charge in [0.2, 0.25) is 23.6 Å². The van der Waals surface area contributed by atoms with Crippen LogP contribution in [0.2, 0.25) is 0 Å². The van der Waals surface area contributed by atoms with Crippen LogP contribution >= 0.6 is 0 Å². The SMILES string of the molecule is CC(=O)N1CCC[C@H]1C(=O)Nc1ccc2c(c1)CN(C1CCC(=O)NC1=O)C2=O. The quantitative estimate of drug-likeness (QED) is 0.715. The predicted molar refractivity (Wildman–Crippen MR) is 102 cm³/mol. The summed E-state index contributed by atoms with van der Waals surface area (Å²) in [5.41, 5.74) is 1.74. The van der Waals surface area contributed by atoms with Crippen molar-refractivity contribution in [1.29, 1.82) is 0 Å². The molecule has 0 spiro atoms. The Hall–Kier alpha value is -3.23. The number of fused-ring (bicyclic) bond motifs is 1. The van der Waals surface area contributed by atoms with Gasteiger partial charge in [0.1, 0.15) is 12.1 Å². The highest BCUT2D eigenvalue weighted by molar-refractivity contribution is 6.06. The van der Waals surface area contributed by atoms with Crippen LogP contribution in [-0.2, 0) is 25.7 Å². The number of imide groups is 1. The Morgan fingerprint density at radius 1 is 1.17 bits per heavy atom. The Balaban J connectivity index is 1.48. The van der Waals surface area contributed by atoms with Crippen LogP contribution in [0.3, 0.4) is 0 Å². The molecule has 2 fully saturated rings. The van der Waals surface area contributed by atoms with E-state index < -0.39 is 18.0 Å². The fourth-order valence-corrected chi connectivity index (χ4v) is 4.29. The molecule has 0 aromatic heterocycles. The third-order valence-corrected chi connectivity index (χ3v) is 5.75. The molecule has 9 heteroatoms. The number of hydrogen-bond acceptors (Lipinski definition) is 5. The maximum Gasteiger partial charge on any atom is 0.255 e. The van der Waals surface area contributed by atoms with E-state index in [1.54, 1.807) is 23.1 Å². The summed E-state index contributed by atoms with van der Waals surface area (Å²) in [5, 5.41) is 5.11. The number of anilines is 1. The lowest BCUT2D eigenvalue weighted by Gasteiger charge is -2.29. The first-order chi connectivity index (χ1) is 13.8. The maximum absolute atomic E-state index is 12.7. The Morgan fingerprint density at radius 2 is 1.97 bits per heavy atom. The van der Waals surface area contributed by atoms with Gasteiger partial charge in [-0.2, -0.15) is 0 Å². The lowest BCUT2D eigenvalue weighted by molar-refractivity contribution is -0.137. The zero-order valence-electron chi connectivity index (χ0n) is 16.1. The zero-order valence-corrected chi connectivity index (χ0v) is 16.1. The van der Waals surface area contributed by atoms with Crippen LogP contribution in [0.1, 0.15) is 48.5 Å². The van der Waals surface area contributed by atoms with Crippen LogP contribution in [0.15, 0.2) is 18.2 Å². The van der Waals surface area contributed by atoms with E-state index in [0.717, 1.165) is 6.42 Å². The van der Waals surface area contributed by atoms with Crippen LogP contribution < -0.4 is 10.6 Å². The van der Waals surface area contributed by atoms with Gasteiger partial charge < -0.3 is 15.1 Å². The standard InChI is InChI=1S/C20H22N4O5/c1-11(25)23-8-2-3-15(23)18(27)21-13-4-5-14-12(9-13)10-24(20(14)29)16-6-7-17(26)22-19(16)28/h4-5,9,15-16H,2-3,6-8,10H2,1H3,(H,21,27)(H,22,26,28)/t15-,16?/m0/s1. The largest absolute Gasteiger partial charge is 0.331 e. The number of benzene rings is 1. The molecule has 0 radical (unpaired) electrons. The van der Waals surface area contributed by atoms with Crippen molar-refractivity contribution in [1.82, 2.24) is 15.1 Å². The highest BCUT2D eigenvalue weighted by Crippen LogP contribution is 2.30. The van der Waals surface area contributed by atoms with Crippen molar-refractivity contribution in [3.63, 3.8) is 0 Å². The van der Waals surface area contributed by atoms with E-state index in [1.807, 2.05) is 0 Å². The fourth-order valence-electron chi connectivity index (χ4n) is 4.29. The molecule has 0 aliphatic carbocycles. The maximum atomic E-state index is 12.7. The van der Waals surface area contributed by atoms with E-state index in [2.05, 4.69) is 10.6 Å². The summed E-state index contributed by atoms with van der Waals surface area (Å²) in [5.74, 6) is -1.41. The molecule has 5 amide bonds. The number of carbonyl (C=O) groups is 5. The highest BCUT2D eigenvalue weighted by Gasteiger charge is 2.39. The van der Waals surface area contributed by atoms with Crippen LogP contribution in [0, 0.1) is 0 Å². The minimum Gasteiger partial charge on any atom is -0.331 e. The second-order valence-corrected chi connectivity index (χ2v) is 7.63. The molecule has 3 aliphatic heterocycles. The van der Waals surface area contributed by atoms with Crippen LogP contribution in [0.5, 0.6) is 0 Å². The number of likely N-dealkylation sites (tertiary alicyclic amines) is 1. The van der Waals surface area contributed by atoms with E-state index in [4.69, 9.17) is 0 Å². The van der Waals surface area contributed by atoms with Gasteiger partial charge in [-0.3, -0.25) is 29.3 Å². The second kappa shape index (κ2) is 7.31. The zero-order chi connectivity index (χ0) is 20.7. The molecule has 1 aromatic carbocycles. The molecule has 29 heavy (non-hydrogen) atoms. The van der Waals surface area contributed by atoms with Crippen LogP contribution in [0.4, 0.5) is 5.69 Å². The summed E-state index contributed by atoms with van der Waals surface area (Å²) in [4.78, 5) is 63.5. The first kappa shape index (κ1) is 19.1. The molecule has 0 saturated carbocycles. The minimum atomic E-state index is -0.673. The van der Waals surface area contributed by atoms with Gasteiger partial charge in [-0.05, 0) is 43.0 Å². The molecular formula is C20H22N4O5. The van der Waals surface area contributed by atoms with Gasteiger partial charge in [0.15, 0.2) is 0 Å². The number of nitrogens with one attached hydrogen (secondary N) is 2. The Bertz CT molecular complexity index is 927. The van der Waals surface area contributed by atoms with Gasteiger partial charge >= 0.3 is 0 Å². The van der Waals surface area contributed by atoms with Gasteiger partial charge in [-0.15, -0.1) is 0 Å². The molecule has 2 saturated heterocycles. The van der Waals surface area contributed by atoms with Crippen molar-refractivity contribution in [3.8, 4) is 0 Å².